The number of methoxy groups -OCH3 is 3. The summed E-state index contributed by atoms with van der Waals surface area (Å²) in [6.45, 7) is 1.97. The molecule has 1 rings (SSSR count). The van der Waals surface area contributed by atoms with Gasteiger partial charge in [0.05, 0.1) is 20.3 Å². The first-order valence-corrected chi connectivity index (χ1v) is 5.38. The second kappa shape index (κ2) is 5.37. The zero-order chi connectivity index (χ0) is 11.4. The standard InChI is InChI=1S/C11H15BrO3/c1-7(13-2)8-5-6-9(14-3)10(12)11(8)15-4/h5-7H,1-4H3. The van der Waals surface area contributed by atoms with Gasteiger partial charge in [-0.2, -0.15) is 0 Å². The molecule has 1 aromatic carbocycles. The molecule has 0 N–H and O–H groups in total. The van der Waals surface area contributed by atoms with Gasteiger partial charge in [0.25, 0.3) is 0 Å². The zero-order valence-electron chi connectivity index (χ0n) is 9.33. The minimum absolute atomic E-state index is 0.0119. The summed E-state index contributed by atoms with van der Waals surface area (Å²) in [7, 11) is 4.92. The van der Waals surface area contributed by atoms with Crippen molar-refractivity contribution >= 4 is 15.9 Å². The Kier molecular flexibility index (Phi) is 4.42. The van der Waals surface area contributed by atoms with E-state index in [1.165, 1.54) is 0 Å². The molecule has 4 heteroatoms. The average molecular weight is 275 g/mol. The summed E-state index contributed by atoms with van der Waals surface area (Å²) in [4.78, 5) is 0. The first-order valence-electron chi connectivity index (χ1n) is 4.58. The SMILES string of the molecule is COc1ccc(C(C)OC)c(OC)c1Br. The molecule has 0 amide bonds. The van der Waals surface area contributed by atoms with Gasteiger partial charge < -0.3 is 14.2 Å². The fourth-order valence-corrected chi connectivity index (χ4v) is 2.05. The number of ether oxygens (including phenoxy) is 3. The molecule has 0 spiro atoms. The van der Waals surface area contributed by atoms with Crippen LogP contribution in [-0.4, -0.2) is 21.3 Å². The lowest BCUT2D eigenvalue weighted by molar-refractivity contribution is 0.117. The predicted molar refractivity (Wildman–Crippen MR) is 62.7 cm³/mol. The van der Waals surface area contributed by atoms with Crippen molar-refractivity contribution in [3.8, 4) is 11.5 Å². The summed E-state index contributed by atoms with van der Waals surface area (Å²) in [6, 6.07) is 3.83. The van der Waals surface area contributed by atoms with Gasteiger partial charge >= 0.3 is 0 Å². The molecule has 0 radical (unpaired) electrons. The molecule has 0 heterocycles. The minimum Gasteiger partial charge on any atom is -0.495 e. The number of benzene rings is 1. The monoisotopic (exact) mass is 274 g/mol. The normalized spacial score (nSPS) is 12.3. The van der Waals surface area contributed by atoms with E-state index in [4.69, 9.17) is 14.2 Å². The Hall–Kier alpha value is -0.740. The number of hydrogen-bond donors (Lipinski definition) is 0. The van der Waals surface area contributed by atoms with E-state index in [0.29, 0.717) is 0 Å². The second-order valence-electron chi connectivity index (χ2n) is 3.08. The van der Waals surface area contributed by atoms with Crippen molar-refractivity contribution in [2.45, 2.75) is 13.0 Å². The molecule has 3 nitrogen and oxygen atoms in total. The molecule has 0 aromatic heterocycles. The van der Waals surface area contributed by atoms with Gasteiger partial charge in [0.15, 0.2) is 0 Å². The Morgan fingerprint density at radius 3 is 2.27 bits per heavy atom. The van der Waals surface area contributed by atoms with Crippen LogP contribution in [0, 0.1) is 0 Å². The fourth-order valence-electron chi connectivity index (χ4n) is 1.37. The van der Waals surface area contributed by atoms with Crippen molar-refractivity contribution in [3.05, 3.63) is 22.2 Å². The molecule has 1 unspecified atom stereocenters. The topological polar surface area (TPSA) is 27.7 Å². The molecule has 0 bridgehead atoms. The summed E-state index contributed by atoms with van der Waals surface area (Å²) in [6.07, 6.45) is -0.0119. The molecule has 1 atom stereocenters. The Morgan fingerprint density at radius 2 is 1.80 bits per heavy atom. The largest absolute Gasteiger partial charge is 0.495 e. The fraction of sp³-hybridized carbons (Fsp3) is 0.455. The van der Waals surface area contributed by atoms with Gasteiger partial charge in [0.2, 0.25) is 0 Å². The molecular weight excluding hydrogens is 260 g/mol. The van der Waals surface area contributed by atoms with Crippen LogP contribution in [-0.2, 0) is 4.74 Å². The molecule has 0 aliphatic heterocycles. The third-order valence-corrected chi connectivity index (χ3v) is 3.06. The third-order valence-electron chi connectivity index (χ3n) is 2.31. The second-order valence-corrected chi connectivity index (χ2v) is 3.88. The first kappa shape index (κ1) is 12.3. The Bertz CT molecular complexity index is 339. The maximum Gasteiger partial charge on any atom is 0.142 e. The zero-order valence-corrected chi connectivity index (χ0v) is 10.9. The van der Waals surface area contributed by atoms with E-state index in [0.717, 1.165) is 21.5 Å². The van der Waals surface area contributed by atoms with Crippen LogP contribution in [0.2, 0.25) is 0 Å². The van der Waals surface area contributed by atoms with Crippen LogP contribution >= 0.6 is 15.9 Å². The summed E-state index contributed by atoms with van der Waals surface area (Å²) < 4.78 is 16.6. The highest BCUT2D eigenvalue weighted by molar-refractivity contribution is 9.10. The maximum absolute atomic E-state index is 5.33. The molecule has 0 aliphatic rings. The van der Waals surface area contributed by atoms with Crippen LogP contribution < -0.4 is 9.47 Å². The molecule has 0 saturated carbocycles. The van der Waals surface area contributed by atoms with Crippen LogP contribution in [0.4, 0.5) is 0 Å². The van der Waals surface area contributed by atoms with Gasteiger partial charge in [0, 0.05) is 12.7 Å². The van der Waals surface area contributed by atoms with E-state index in [1.807, 2.05) is 19.1 Å². The van der Waals surface area contributed by atoms with E-state index < -0.39 is 0 Å². The first-order chi connectivity index (χ1) is 7.15. The van der Waals surface area contributed by atoms with Gasteiger partial charge in [-0.25, -0.2) is 0 Å². The van der Waals surface area contributed by atoms with E-state index in [-0.39, 0.29) is 6.10 Å². The average Bonchev–Trinajstić information content (AvgIpc) is 2.27. The van der Waals surface area contributed by atoms with Gasteiger partial charge in [-0.1, -0.05) is 0 Å². The van der Waals surface area contributed by atoms with E-state index in [9.17, 15) is 0 Å². The number of halogens is 1. The van der Waals surface area contributed by atoms with Crippen LogP contribution in [0.3, 0.4) is 0 Å². The molecular formula is C11H15BrO3. The van der Waals surface area contributed by atoms with Gasteiger partial charge in [0.1, 0.15) is 16.0 Å². The van der Waals surface area contributed by atoms with Crippen LogP contribution in [0.1, 0.15) is 18.6 Å². The Morgan fingerprint density at radius 1 is 1.13 bits per heavy atom. The van der Waals surface area contributed by atoms with E-state index >= 15 is 0 Å². The summed E-state index contributed by atoms with van der Waals surface area (Å²) >= 11 is 3.44. The summed E-state index contributed by atoms with van der Waals surface area (Å²) in [5.41, 5.74) is 0.993. The van der Waals surface area contributed by atoms with Crippen molar-refractivity contribution in [1.82, 2.24) is 0 Å². The maximum atomic E-state index is 5.33. The Balaban J connectivity index is 3.24. The van der Waals surface area contributed by atoms with Crippen molar-refractivity contribution in [3.63, 3.8) is 0 Å². The van der Waals surface area contributed by atoms with Crippen LogP contribution in [0.25, 0.3) is 0 Å². The van der Waals surface area contributed by atoms with Gasteiger partial charge in [-0.3, -0.25) is 0 Å². The van der Waals surface area contributed by atoms with Crippen molar-refractivity contribution in [2.75, 3.05) is 21.3 Å². The molecule has 0 aliphatic carbocycles. The number of hydrogen-bond acceptors (Lipinski definition) is 3. The minimum atomic E-state index is -0.0119. The quantitative estimate of drug-likeness (QED) is 0.844. The molecule has 0 saturated heterocycles. The third kappa shape index (κ3) is 2.44. The van der Waals surface area contributed by atoms with E-state index in [2.05, 4.69) is 15.9 Å². The van der Waals surface area contributed by atoms with Crippen molar-refractivity contribution in [1.29, 1.82) is 0 Å². The highest BCUT2D eigenvalue weighted by Gasteiger charge is 2.16. The van der Waals surface area contributed by atoms with Crippen molar-refractivity contribution < 1.29 is 14.2 Å². The highest BCUT2D eigenvalue weighted by atomic mass is 79.9. The number of rotatable bonds is 4. The molecule has 84 valence electrons. The lowest BCUT2D eigenvalue weighted by Gasteiger charge is -2.17. The van der Waals surface area contributed by atoms with Gasteiger partial charge in [-0.15, -0.1) is 0 Å². The van der Waals surface area contributed by atoms with Crippen LogP contribution in [0.15, 0.2) is 16.6 Å². The lowest BCUT2D eigenvalue weighted by Crippen LogP contribution is -2.01. The molecule has 1 aromatic rings. The predicted octanol–water partition coefficient (Wildman–Crippen LogP) is 3.17. The molecule has 15 heavy (non-hydrogen) atoms. The summed E-state index contributed by atoms with van der Waals surface area (Å²) in [5, 5.41) is 0. The lowest BCUT2D eigenvalue weighted by atomic mass is 10.1. The van der Waals surface area contributed by atoms with Crippen molar-refractivity contribution in [2.24, 2.45) is 0 Å². The summed E-state index contributed by atoms with van der Waals surface area (Å²) in [5.74, 6) is 1.50. The Labute approximate surface area is 98.5 Å². The van der Waals surface area contributed by atoms with E-state index in [1.54, 1.807) is 21.3 Å². The smallest absolute Gasteiger partial charge is 0.142 e. The van der Waals surface area contributed by atoms with Crippen LogP contribution in [0.5, 0.6) is 11.5 Å². The molecule has 0 fully saturated rings. The highest BCUT2D eigenvalue weighted by Crippen LogP contribution is 2.40. The van der Waals surface area contributed by atoms with Gasteiger partial charge in [-0.05, 0) is 35.0 Å².